The maximum absolute atomic E-state index is 12.5. The van der Waals surface area contributed by atoms with Crippen LogP contribution in [0.1, 0.15) is 43.6 Å². The van der Waals surface area contributed by atoms with E-state index >= 15 is 0 Å². The molecule has 1 aromatic rings. The highest BCUT2D eigenvalue weighted by atomic mass is 79.9. The van der Waals surface area contributed by atoms with Gasteiger partial charge in [0.25, 0.3) is 5.91 Å². The van der Waals surface area contributed by atoms with Gasteiger partial charge in [0.05, 0.1) is 4.47 Å². The first-order valence-corrected chi connectivity index (χ1v) is 6.82. The van der Waals surface area contributed by atoms with E-state index in [1.54, 1.807) is 4.68 Å². The summed E-state index contributed by atoms with van der Waals surface area (Å²) in [5.74, 6) is 0.0391. The molecule has 2 atom stereocenters. The van der Waals surface area contributed by atoms with Crippen LogP contribution in [0.3, 0.4) is 0 Å². The van der Waals surface area contributed by atoms with E-state index in [2.05, 4.69) is 34.9 Å². The number of rotatable bonds is 1. The second-order valence-corrected chi connectivity index (χ2v) is 5.70. The van der Waals surface area contributed by atoms with Crippen LogP contribution in [-0.4, -0.2) is 32.7 Å². The van der Waals surface area contributed by atoms with Crippen molar-refractivity contribution in [2.45, 2.75) is 45.2 Å². The molecule has 1 amide bonds. The molecule has 0 spiro atoms. The number of carbonyl (C=O) groups excluding carboxylic acids is 1. The van der Waals surface area contributed by atoms with Crippen molar-refractivity contribution in [1.29, 1.82) is 0 Å². The molecule has 0 aromatic carbocycles. The third-order valence-electron chi connectivity index (χ3n) is 3.41. The van der Waals surface area contributed by atoms with Crippen LogP contribution in [0.4, 0.5) is 0 Å². The van der Waals surface area contributed by atoms with Gasteiger partial charge in [0.2, 0.25) is 0 Å². The number of amides is 1. The molecule has 1 aromatic heterocycles. The van der Waals surface area contributed by atoms with E-state index in [1.165, 1.54) is 6.42 Å². The Labute approximate surface area is 110 Å². The second kappa shape index (κ2) is 4.80. The first kappa shape index (κ1) is 12.6. The van der Waals surface area contributed by atoms with E-state index < -0.39 is 0 Å². The number of hydrogen-bond donors (Lipinski definition) is 0. The zero-order valence-electron chi connectivity index (χ0n) is 10.5. The fourth-order valence-corrected chi connectivity index (χ4v) is 3.09. The first-order chi connectivity index (χ1) is 8.00. The van der Waals surface area contributed by atoms with Crippen LogP contribution in [0.2, 0.25) is 0 Å². The summed E-state index contributed by atoms with van der Waals surface area (Å²) in [5.41, 5.74) is 0.521. The van der Waals surface area contributed by atoms with Crippen molar-refractivity contribution in [3.63, 3.8) is 0 Å². The zero-order chi connectivity index (χ0) is 12.6. The Hall–Kier alpha value is -0.840. The number of piperidine rings is 1. The third kappa shape index (κ3) is 2.39. The lowest BCUT2D eigenvalue weighted by Crippen LogP contribution is -2.47. The molecule has 0 unspecified atom stereocenters. The van der Waals surface area contributed by atoms with Crippen LogP contribution in [0.5, 0.6) is 0 Å². The number of aryl methyl sites for hydroxylation is 1. The minimum atomic E-state index is 0.0391. The van der Waals surface area contributed by atoms with Crippen molar-refractivity contribution in [2.24, 2.45) is 7.05 Å². The molecule has 2 rings (SSSR count). The molecular weight excluding hydrogens is 282 g/mol. The Morgan fingerprint density at radius 2 is 2.00 bits per heavy atom. The van der Waals surface area contributed by atoms with Crippen LogP contribution >= 0.6 is 15.9 Å². The summed E-state index contributed by atoms with van der Waals surface area (Å²) >= 11 is 3.39. The summed E-state index contributed by atoms with van der Waals surface area (Å²) < 4.78 is 2.44. The monoisotopic (exact) mass is 299 g/mol. The van der Waals surface area contributed by atoms with Gasteiger partial charge in [-0.1, -0.05) is 0 Å². The quantitative estimate of drug-likeness (QED) is 0.799. The highest BCUT2D eigenvalue weighted by Gasteiger charge is 2.31. The number of halogens is 1. The summed E-state index contributed by atoms with van der Waals surface area (Å²) in [6.07, 6.45) is 5.18. The van der Waals surface area contributed by atoms with Gasteiger partial charge in [-0.05, 0) is 49.0 Å². The summed E-state index contributed by atoms with van der Waals surface area (Å²) in [7, 11) is 1.82. The third-order valence-corrected chi connectivity index (χ3v) is 4.00. The van der Waals surface area contributed by atoms with E-state index in [-0.39, 0.29) is 5.91 Å². The molecule has 0 radical (unpaired) electrons. The van der Waals surface area contributed by atoms with Crippen molar-refractivity contribution in [2.75, 3.05) is 0 Å². The van der Waals surface area contributed by atoms with Gasteiger partial charge in [-0.25, -0.2) is 0 Å². The molecule has 0 N–H and O–H groups in total. The van der Waals surface area contributed by atoms with Crippen molar-refractivity contribution in [3.8, 4) is 0 Å². The maximum Gasteiger partial charge on any atom is 0.276 e. The number of aromatic nitrogens is 2. The molecule has 1 aliphatic heterocycles. The average molecular weight is 300 g/mol. The lowest BCUT2D eigenvalue weighted by molar-refractivity contribution is 0.0503. The summed E-state index contributed by atoms with van der Waals surface area (Å²) in [6.45, 7) is 4.23. The van der Waals surface area contributed by atoms with Crippen molar-refractivity contribution in [3.05, 3.63) is 16.4 Å². The molecule has 17 heavy (non-hydrogen) atoms. The minimum absolute atomic E-state index is 0.0391. The average Bonchev–Trinajstić information content (AvgIpc) is 2.57. The Kier molecular flexibility index (Phi) is 3.56. The molecule has 0 bridgehead atoms. The smallest absolute Gasteiger partial charge is 0.276 e. The van der Waals surface area contributed by atoms with Crippen LogP contribution in [0.15, 0.2) is 10.7 Å². The Bertz CT molecular complexity index is 419. The van der Waals surface area contributed by atoms with Crippen LogP contribution in [-0.2, 0) is 7.05 Å². The Balaban J connectivity index is 2.27. The number of likely N-dealkylation sites (tertiary alicyclic amines) is 1. The second-order valence-electron chi connectivity index (χ2n) is 4.84. The van der Waals surface area contributed by atoms with E-state index in [1.807, 2.05) is 18.1 Å². The lowest BCUT2D eigenvalue weighted by Gasteiger charge is -2.38. The van der Waals surface area contributed by atoms with Gasteiger partial charge in [-0.15, -0.1) is 0 Å². The first-order valence-electron chi connectivity index (χ1n) is 6.02. The summed E-state index contributed by atoms with van der Waals surface area (Å²) in [4.78, 5) is 14.4. The molecule has 0 saturated carbocycles. The molecule has 94 valence electrons. The van der Waals surface area contributed by atoms with Gasteiger partial charge in [-0.3, -0.25) is 9.48 Å². The fourth-order valence-electron chi connectivity index (χ4n) is 2.55. The minimum Gasteiger partial charge on any atom is -0.332 e. The van der Waals surface area contributed by atoms with Gasteiger partial charge in [0.1, 0.15) is 0 Å². The van der Waals surface area contributed by atoms with Crippen molar-refractivity contribution in [1.82, 2.24) is 14.7 Å². The van der Waals surface area contributed by atoms with Crippen LogP contribution in [0.25, 0.3) is 0 Å². The maximum atomic E-state index is 12.5. The number of hydrogen-bond acceptors (Lipinski definition) is 2. The Morgan fingerprint density at radius 3 is 2.47 bits per heavy atom. The highest BCUT2D eigenvalue weighted by molar-refractivity contribution is 9.10. The molecule has 5 heteroatoms. The summed E-state index contributed by atoms with van der Waals surface area (Å²) in [6, 6.07) is 0.611. The lowest BCUT2D eigenvalue weighted by atomic mass is 9.97. The standard InChI is InChI=1S/C12H18BrN3O/c1-8-5-4-6-9(2)16(8)12(17)11-10(13)7-15(3)14-11/h7-9H,4-6H2,1-3H3/t8-,9-/m0/s1. The van der Waals surface area contributed by atoms with E-state index in [4.69, 9.17) is 0 Å². The predicted molar refractivity (Wildman–Crippen MR) is 69.9 cm³/mol. The van der Waals surface area contributed by atoms with Gasteiger partial charge in [0, 0.05) is 25.3 Å². The topological polar surface area (TPSA) is 38.1 Å². The van der Waals surface area contributed by atoms with Crippen LogP contribution < -0.4 is 0 Å². The number of carbonyl (C=O) groups is 1. The number of nitrogens with zero attached hydrogens (tertiary/aromatic N) is 3. The van der Waals surface area contributed by atoms with E-state index in [0.29, 0.717) is 17.8 Å². The molecule has 2 heterocycles. The fraction of sp³-hybridized carbons (Fsp3) is 0.667. The zero-order valence-corrected chi connectivity index (χ0v) is 12.1. The van der Waals surface area contributed by atoms with Gasteiger partial charge in [-0.2, -0.15) is 5.10 Å². The van der Waals surface area contributed by atoms with Crippen molar-refractivity contribution >= 4 is 21.8 Å². The van der Waals surface area contributed by atoms with Gasteiger partial charge < -0.3 is 4.90 Å². The molecule has 4 nitrogen and oxygen atoms in total. The van der Waals surface area contributed by atoms with Crippen molar-refractivity contribution < 1.29 is 4.79 Å². The SMILES string of the molecule is C[C@H]1CCC[C@H](C)N1C(=O)c1nn(C)cc1Br. The molecule has 1 saturated heterocycles. The predicted octanol–water partition coefficient (Wildman–Crippen LogP) is 2.59. The van der Waals surface area contributed by atoms with Crippen LogP contribution in [0, 0.1) is 0 Å². The highest BCUT2D eigenvalue weighted by Crippen LogP contribution is 2.26. The van der Waals surface area contributed by atoms with Gasteiger partial charge in [0.15, 0.2) is 5.69 Å². The van der Waals surface area contributed by atoms with E-state index in [0.717, 1.165) is 17.3 Å². The normalized spacial score (nSPS) is 25.1. The van der Waals surface area contributed by atoms with Gasteiger partial charge >= 0.3 is 0 Å². The molecule has 1 fully saturated rings. The molecular formula is C12H18BrN3O. The molecule has 1 aliphatic rings. The largest absolute Gasteiger partial charge is 0.332 e. The Morgan fingerprint density at radius 1 is 1.41 bits per heavy atom. The summed E-state index contributed by atoms with van der Waals surface area (Å²) in [5, 5.41) is 4.23. The van der Waals surface area contributed by atoms with E-state index in [9.17, 15) is 4.79 Å². The molecule has 0 aliphatic carbocycles.